The minimum atomic E-state index is -0.134. The van der Waals surface area contributed by atoms with Crippen LogP contribution in [0.5, 0.6) is 5.75 Å². The molecular weight excluding hydrogens is 378 g/mol. The van der Waals surface area contributed by atoms with Gasteiger partial charge in [0, 0.05) is 55.7 Å². The molecule has 6 nitrogen and oxygen atoms in total. The van der Waals surface area contributed by atoms with Crippen LogP contribution in [0.4, 0.5) is 0 Å². The number of ether oxygens (including phenoxy) is 1. The number of rotatable bonds is 4. The lowest BCUT2D eigenvalue weighted by atomic mass is 9.75. The molecule has 1 N–H and O–H groups in total. The summed E-state index contributed by atoms with van der Waals surface area (Å²) in [6, 6.07) is 6.34. The summed E-state index contributed by atoms with van der Waals surface area (Å²) in [4.78, 5) is 30.4. The highest BCUT2D eigenvalue weighted by atomic mass is 16.5. The van der Waals surface area contributed by atoms with Crippen LogP contribution in [-0.2, 0) is 11.2 Å². The van der Waals surface area contributed by atoms with Gasteiger partial charge >= 0.3 is 0 Å². The molecule has 1 aromatic rings. The van der Waals surface area contributed by atoms with Crippen LogP contribution in [-0.4, -0.2) is 66.0 Å². The highest BCUT2D eigenvalue weighted by molar-refractivity contribution is 5.95. The van der Waals surface area contributed by atoms with Gasteiger partial charge in [-0.25, -0.2) is 0 Å². The van der Waals surface area contributed by atoms with E-state index in [0.717, 1.165) is 49.2 Å². The second-order valence-electron chi connectivity index (χ2n) is 9.66. The molecule has 162 valence electrons. The molecule has 3 saturated heterocycles. The van der Waals surface area contributed by atoms with E-state index >= 15 is 0 Å². The largest absolute Gasteiger partial charge is 0.493 e. The van der Waals surface area contributed by atoms with E-state index in [0.29, 0.717) is 31.7 Å². The number of piperidine rings is 1. The molecular formula is C24H33N3O3. The zero-order valence-electron chi connectivity index (χ0n) is 18.2. The summed E-state index contributed by atoms with van der Waals surface area (Å²) >= 11 is 0. The number of fused-ring (bicyclic) bond motifs is 3. The number of benzene rings is 1. The van der Waals surface area contributed by atoms with Crippen molar-refractivity contribution in [2.45, 2.75) is 57.5 Å². The van der Waals surface area contributed by atoms with Gasteiger partial charge in [-0.3, -0.25) is 14.5 Å². The third-order valence-corrected chi connectivity index (χ3v) is 7.98. The van der Waals surface area contributed by atoms with Gasteiger partial charge in [0.2, 0.25) is 5.91 Å². The third-order valence-electron chi connectivity index (χ3n) is 7.98. The van der Waals surface area contributed by atoms with Crippen molar-refractivity contribution in [1.82, 2.24) is 15.1 Å². The van der Waals surface area contributed by atoms with E-state index in [4.69, 9.17) is 4.74 Å². The minimum absolute atomic E-state index is 0.102. The quantitative estimate of drug-likeness (QED) is 0.827. The Labute approximate surface area is 178 Å². The van der Waals surface area contributed by atoms with Gasteiger partial charge < -0.3 is 15.0 Å². The van der Waals surface area contributed by atoms with Gasteiger partial charge in [0.15, 0.2) is 0 Å². The molecule has 4 heterocycles. The molecule has 0 radical (unpaired) electrons. The predicted molar refractivity (Wildman–Crippen MR) is 115 cm³/mol. The highest BCUT2D eigenvalue weighted by Gasteiger charge is 2.57. The first-order valence-electron chi connectivity index (χ1n) is 11.6. The van der Waals surface area contributed by atoms with E-state index in [1.54, 1.807) is 0 Å². The zero-order valence-corrected chi connectivity index (χ0v) is 18.2. The smallest absolute Gasteiger partial charge is 0.253 e. The number of likely N-dealkylation sites (tertiary alicyclic amines) is 2. The van der Waals surface area contributed by atoms with E-state index in [9.17, 15) is 9.59 Å². The van der Waals surface area contributed by atoms with Crippen molar-refractivity contribution in [2.75, 3.05) is 32.8 Å². The van der Waals surface area contributed by atoms with Gasteiger partial charge in [-0.2, -0.15) is 0 Å². The van der Waals surface area contributed by atoms with Gasteiger partial charge in [-0.05, 0) is 49.9 Å². The maximum atomic E-state index is 13.1. The van der Waals surface area contributed by atoms with Crippen LogP contribution >= 0.6 is 0 Å². The Morgan fingerprint density at radius 2 is 2.10 bits per heavy atom. The molecule has 0 aliphatic carbocycles. The van der Waals surface area contributed by atoms with Crippen LogP contribution in [0.3, 0.4) is 0 Å². The van der Waals surface area contributed by atoms with Crippen molar-refractivity contribution in [3.63, 3.8) is 0 Å². The lowest BCUT2D eigenvalue weighted by Crippen LogP contribution is -2.56. The lowest BCUT2D eigenvalue weighted by molar-refractivity contribution is -0.123. The van der Waals surface area contributed by atoms with E-state index in [2.05, 4.69) is 24.1 Å². The first-order valence-corrected chi connectivity index (χ1v) is 11.6. The number of nitrogens with zero attached hydrogens (tertiary/aromatic N) is 2. The summed E-state index contributed by atoms with van der Waals surface area (Å²) in [5.41, 5.74) is 1.75. The van der Waals surface area contributed by atoms with E-state index in [1.165, 1.54) is 12.8 Å². The van der Waals surface area contributed by atoms with E-state index < -0.39 is 0 Å². The Hall–Kier alpha value is -2.08. The van der Waals surface area contributed by atoms with E-state index in [1.807, 2.05) is 23.1 Å². The molecule has 30 heavy (non-hydrogen) atoms. The minimum Gasteiger partial charge on any atom is -0.493 e. The fraction of sp³-hybridized carbons (Fsp3) is 0.667. The molecule has 0 saturated carbocycles. The second-order valence-corrected chi connectivity index (χ2v) is 9.66. The fourth-order valence-electron chi connectivity index (χ4n) is 6.16. The Balaban J connectivity index is 1.26. The Morgan fingerprint density at radius 1 is 1.30 bits per heavy atom. The summed E-state index contributed by atoms with van der Waals surface area (Å²) in [7, 11) is 0. The standard InChI is InChI=1S/C24H33N3O3/c1-3-4-16(2)27-14-19-20(15-27)24(25-22(19)28)8-10-26(11-9-24)23(29)18-5-6-21-17(13-18)7-12-30-21/h5-6,13,16,19-20H,3-4,7-12,14-15H2,1-2H3,(H,25,28)/t16?,19-,20+/m1/s1. The van der Waals surface area contributed by atoms with Crippen molar-refractivity contribution in [3.05, 3.63) is 29.3 Å². The van der Waals surface area contributed by atoms with Crippen LogP contribution in [0.15, 0.2) is 18.2 Å². The lowest BCUT2D eigenvalue weighted by Gasteiger charge is -2.43. The molecule has 4 aliphatic heterocycles. The van der Waals surface area contributed by atoms with Gasteiger partial charge in [0.25, 0.3) is 5.91 Å². The maximum absolute atomic E-state index is 13.1. The number of carbonyl (C=O) groups is 2. The van der Waals surface area contributed by atoms with Crippen LogP contribution in [0.25, 0.3) is 0 Å². The van der Waals surface area contributed by atoms with Crippen molar-refractivity contribution < 1.29 is 14.3 Å². The number of nitrogens with one attached hydrogen (secondary N) is 1. The van der Waals surface area contributed by atoms with Crippen molar-refractivity contribution in [1.29, 1.82) is 0 Å². The molecule has 1 spiro atoms. The summed E-state index contributed by atoms with van der Waals surface area (Å²) in [6.07, 6.45) is 4.95. The normalized spacial score (nSPS) is 28.2. The number of hydrogen-bond acceptors (Lipinski definition) is 4. The number of hydrogen-bond donors (Lipinski definition) is 1. The number of amides is 2. The molecule has 2 amide bonds. The first kappa shape index (κ1) is 19.9. The molecule has 0 aromatic heterocycles. The summed E-state index contributed by atoms with van der Waals surface area (Å²) in [5.74, 6) is 1.73. The van der Waals surface area contributed by atoms with Crippen LogP contribution in [0, 0.1) is 11.8 Å². The number of carbonyl (C=O) groups excluding carboxylic acids is 2. The van der Waals surface area contributed by atoms with Crippen LogP contribution in [0.1, 0.15) is 55.5 Å². The van der Waals surface area contributed by atoms with Crippen LogP contribution < -0.4 is 10.1 Å². The Kier molecular flexibility index (Phi) is 5.00. The van der Waals surface area contributed by atoms with Crippen molar-refractivity contribution in [3.8, 4) is 5.75 Å². The Bertz CT molecular complexity index is 846. The summed E-state index contributed by atoms with van der Waals surface area (Å²) < 4.78 is 5.56. The average molecular weight is 412 g/mol. The van der Waals surface area contributed by atoms with Crippen molar-refractivity contribution >= 4 is 11.8 Å². The predicted octanol–water partition coefficient (Wildman–Crippen LogP) is 2.46. The fourth-order valence-corrected chi connectivity index (χ4v) is 6.16. The van der Waals surface area contributed by atoms with Gasteiger partial charge in [-0.15, -0.1) is 0 Å². The molecule has 3 atom stereocenters. The molecule has 4 aliphatic rings. The second kappa shape index (κ2) is 7.56. The molecule has 1 unspecified atom stereocenters. The van der Waals surface area contributed by atoms with Crippen LogP contribution in [0.2, 0.25) is 0 Å². The highest BCUT2D eigenvalue weighted by Crippen LogP contribution is 2.44. The topological polar surface area (TPSA) is 61.9 Å². The van der Waals surface area contributed by atoms with Gasteiger partial charge in [0.1, 0.15) is 5.75 Å². The molecule has 5 rings (SSSR count). The monoisotopic (exact) mass is 411 g/mol. The van der Waals surface area contributed by atoms with Gasteiger partial charge in [0.05, 0.1) is 12.5 Å². The maximum Gasteiger partial charge on any atom is 0.253 e. The summed E-state index contributed by atoms with van der Waals surface area (Å²) in [5, 5.41) is 3.38. The van der Waals surface area contributed by atoms with Crippen molar-refractivity contribution in [2.24, 2.45) is 11.8 Å². The third kappa shape index (κ3) is 3.20. The average Bonchev–Trinajstić information content (AvgIpc) is 3.45. The molecule has 6 heteroatoms. The summed E-state index contributed by atoms with van der Waals surface area (Å²) in [6.45, 7) is 8.53. The first-order chi connectivity index (χ1) is 14.5. The molecule has 0 bridgehead atoms. The molecule has 1 aromatic carbocycles. The SMILES string of the molecule is CCCC(C)N1C[C@H]2C(=O)NC3(CCN(C(=O)c4ccc5c(c4)CCO5)CC3)[C@H]2C1. The molecule has 3 fully saturated rings. The zero-order chi connectivity index (χ0) is 20.9. The van der Waals surface area contributed by atoms with Gasteiger partial charge in [-0.1, -0.05) is 13.3 Å². The Morgan fingerprint density at radius 3 is 2.87 bits per heavy atom. The van der Waals surface area contributed by atoms with E-state index in [-0.39, 0.29) is 23.3 Å².